The summed E-state index contributed by atoms with van der Waals surface area (Å²) in [6, 6.07) is 21.3. The third-order valence-electron chi connectivity index (χ3n) is 5.43. The molecule has 0 radical (unpaired) electrons. The van der Waals surface area contributed by atoms with E-state index in [1.807, 2.05) is 12.1 Å². The van der Waals surface area contributed by atoms with Crippen LogP contribution in [0.3, 0.4) is 0 Å². The second-order valence-corrected chi connectivity index (χ2v) is 7.05. The highest BCUT2D eigenvalue weighted by molar-refractivity contribution is 5.88. The summed E-state index contributed by atoms with van der Waals surface area (Å²) in [5, 5.41) is 10.7. The van der Waals surface area contributed by atoms with Gasteiger partial charge in [0.15, 0.2) is 0 Å². The Hall–Kier alpha value is -2.61. The Morgan fingerprint density at radius 1 is 0.846 bits per heavy atom. The van der Waals surface area contributed by atoms with Crippen molar-refractivity contribution in [1.29, 1.82) is 5.26 Å². The van der Waals surface area contributed by atoms with Crippen molar-refractivity contribution in [2.24, 2.45) is 7.05 Å². The number of aryl methyl sites for hydroxylation is 1. The predicted molar refractivity (Wildman–Crippen MR) is 105 cm³/mol. The fourth-order valence-corrected chi connectivity index (χ4v) is 3.91. The van der Waals surface area contributed by atoms with E-state index < -0.39 is 0 Å². The largest absolute Gasteiger partial charge is 0.345 e. The van der Waals surface area contributed by atoms with Crippen molar-refractivity contribution in [2.75, 3.05) is 26.2 Å². The van der Waals surface area contributed by atoms with Crippen molar-refractivity contribution < 1.29 is 0 Å². The molecule has 3 aromatic rings. The van der Waals surface area contributed by atoms with Crippen molar-refractivity contribution in [3.63, 3.8) is 0 Å². The van der Waals surface area contributed by atoms with Crippen LogP contribution in [0.15, 0.2) is 54.6 Å². The molecule has 0 atom stereocenters. The van der Waals surface area contributed by atoms with E-state index in [0.717, 1.165) is 61.4 Å². The molecule has 4 nitrogen and oxygen atoms in total. The van der Waals surface area contributed by atoms with Crippen molar-refractivity contribution >= 4 is 10.9 Å². The Kier molecular flexibility index (Phi) is 4.75. The van der Waals surface area contributed by atoms with Crippen molar-refractivity contribution in [3.8, 4) is 6.07 Å². The van der Waals surface area contributed by atoms with Gasteiger partial charge >= 0.3 is 0 Å². The summed E-state index contributed by atoms with van der Waals surface area (Å²) in [4.78, 5) is 4.98. The summed E-state index contributed by atoms with van der Waals surface area (Å²) in [7, 11) is 2.07. The average molecular weight is 344 g/mol. The molecule has 0 amide bonds. The molecule has 2 aromatic carbocycles. The smallest absolute Gasteiger partial charge is 0.102 e. The first kappa shape index (κ1) is 16.8. The van der Waals surface area contributed by atoms with Crippen LogP contribution in [0.2, 0.25) is 0 Å². The molecule has 1 aliphatic rings. The van der Waals surface area contributed by atoms with E-state index in [4.69, 9.17) is 0 Å². The molecule has 1 aromatic heterocycles. The van der Waals surface area contributed by atoms with Crippen LogP contribution in [-0.4, -0.2) is 40.5 Å². The van der Waals surface area contributed by atoms with Gasteiger partial charge in [0.1, 0.15) is 6.07 Å². The van der Waals surface area contributed by atoms with Crippen molar-refractivity contribution in [1.82, 2.24) is 14.4 Å². The minimum atomic E-state index is 0.829. The molecule has 4 rings (SSSR count). The maximum atomic E-state index is 9.68. The number of hydrogen-bond acceptors (Lipinski definition) is 3. The van der Waals surface area contributed by atoms with Crippen LogP contribution >= 0.6 is 0 Å². The average Bonchev–Trinajstić information content (AvgIpc) is 2.96. The first-order chi connectivity index (χ1) is 12.8. The summed E-state index contributed by atoms with van der Waals surface area (Å²) in [5.74, 6) is 0. The standard InChI is InChI=1S/C22H24N4/c1-24-21-10-6-5-9-19(21)20(15-23)22(24)17-26-13-11-25(12-14-26)16-18-7-3-2-4-8-18/h2-10H,11-14,16-17H2,1H3. The first-order valence-electron chi connectivity index (χ1n) is 9.21. The molecule has 0 spiro atoms. The fourth-order valence-electron chi connectivity index (χ4n) is 3.91. The fraction of sp³-hybridized carbons (Fsp3) is 0.318. The van der Waals surface area contributed by atoms with Crippen LogP contribution in [0.1, 0.15) is 16.8 Å². The Balaban J connectivity index is 1.44. The molecule has 2 heterocycles. The second kappa shape index (κ2) is 7.33. The molecular weight excluding hydrogens is 320 g/mol. The normalized spacial score (nSPS) is 16.0. The predicted octanol–water partition coefficient (Wildman–Crippen LogP) is 3.37. The zero-order chi connectivity index (χ0) is 17.9. The van der Waals surface area contributed by atoms with E-state index in [2.05, 4.69) is 69.9 Å². The summed E-state index contributed by atoms with van der Waals surface area (Å²) < 4.78 is 2.18. The van der Waals surface area contributed by atoms with Gasteiger partial charge in [0, 0.05) is 57.2 Å². The lowest BCUT2D eigenvalue weighted by Crippen LogP contribution is -2.45. The maximum Gasteiger partial charge on any atom is 0.102 e. The molecule has 132 valence electrons. The third kappa shape index (κ3) is 3.24. The highest BCUT2D eigenvalue weighted by Crippen LogP contribution is 2.26. The Bertz CT molecular complexity index is 928. The molecule has 0 unspecified atom stereocenters. The van der Waals surface area contributed by atoms with E-state index in [9.17, 15) is 5.26 Å². The minimum absolute atomic E-state index is 0.829. The van der Waals surface area contributed by atoms with Crippen LogP contribution < -0.4 is 0 Å². The monoisotopic (exact) mass is 344 g/mol. The van der Waals surface area contributed by atoms with E-state index in [0.29, 0.717) is 0 Å². The highest BCUT2D eigenvalue weighted by Gasteiger charge is 2.21. The molecule has 0 N–H and O–H groups in total. The number of aromatic nitrogens is 1. The molecule has 0 bridgehead atoms. The SMILES string of the molecule is Cn1c(CN2CCN(Cc3ccccc3)CC2)c(C#N)c2ccccc21. The van der Waals surface area contributed by atoms with Crippen molar-refractivity contribution in [2.45, 2.75) is 13.1 Å². The zero-order valence-corrected chi connectivity index (χ0v) is 15.2. The number of nitrogens with zero attached hydrogens (tertiary/aromatic N) is 4. The highest BCUT2D eigenvalue weighted by atomic mass is 15.3. The third-order valence-corrected chi connectivity index (χ3v) is 5.43. The van der Waals surface area contributed by atoms with Crippen LogP contribution in [0.4, 0.5) is 0 Å². The van der Waals surface area contributed by atoms with Crippen LogP contribution in [-0.2, 0) is 20.1 Å². The topological polar surface area (TPSA) is 35.2 Å². The van der Waals surface area contributed by atoms with E-state index in [-0.39, 0.29) is 0 Å². The summed E-state index contributed by atoms with van der Waals surface area (Å²) in [6.45, 7) is 6.08. The van der Waals surface area contributed by atoms with Gasteiger partial charge in [0.25, 0.3) is 0 Å². The number of hydrogen-bond donors (Lipinski definition) is 0. The molecule has 1 fully saturated rings. The van der Waals surface area contributed by atoms with Gasteiger partial charge in [-0.2, -0.15) is 5.26 Å². The lowest BCUT2D eigenvalue weighted by atomic mass is 10.1. The number of fused-ring (bicyclic) bond motifs is 1. The van der Waals surface area contributed by atoms with Gasteiger partial charge in [-0.15, -0.1) is 0 Å². The number of benzene rings is 2. The van der Waals surface area contributed by atoms with Gasteiger partial charge in [-0.25, -0.2) is 0 Å². The number of nitriles is 1. The Morgan fingerprint density at radius 3 is 2.15 bits per heavy atom. The molecule has 0 saturated carbocycles. The quantitative estimate of drug-likeness (QED) is 0.728. The van der Waals surface area contributed by atoms with E-state index >= 15 is 0 Å². The number of rotatable bonds is 4. The van der Waals surface area contributed by atoms with Gasteiger partial charge < -0.3 is 4.57 Å². The number of para-hydroxylation sites is 1. The van der Waals surface area contributed by atoms with E-state index in [1.54, 1.807) is 0 Å². The van der Waals surface area contributed by atoms with Gasteiger partial charge in [-0.05, 0) is 11.6 Å². The molecule has 26 heavy (non-hydrogen) atoms. The molecular formula is C22H24N4. The number of piperazine rings is 1. The summed E-state index contributed by atoms with van der Waals surface area (Å²) in [5.41, 5.74) is 4.48. The van der Waals surface area contributed by atoms with Gasteiger partial charge in [-0.1, -0.05) is 48.5 Å². The molecule has 0 aliphatic carbocycles. The lowest BCUT2D eigenvalue weighted by Gasteiger charge is -2.34. The van der Waals surface area contributed by atoms with Crippen molar-refractivity contribution in [3.05, 3.63) is 71.4 Å². The summed E-state index contributed by atoms with van der Waals surface area (Å²) >= 11 is 0. The lowest BCUT2D eigenvalue weighted by molar-refractivity contribution is 0.120. The zero-order valence-electron chi connectivity index (χ0n) is 15.2. The Labute approximate surface area is 154 Å². The van der Waals surface area contributed by atoms with Gasteiger partial charge in [-0.3, -0.25) is 9.80 Å². The first-order valence-corrected chi connectivity index (χ1v) is 9.21. The van der Waals surface area contributed by atoms with Crippen LogP contribution in [0, 0.1) is 11.3 Å². The van der Waals surface area contributed by atoms with Crippen LogP contribution in [0.5, 0.6) is 0 Å². The maximum absolute atomic E-state index is 9.68. The van der Waals surface area contributed by atoms with E-state index in [1.165, 1.54) is 5.56 Å². The Morgan fingerprint density at radius 2 is 1.46 bits per heavy atom. The minimum Gasteiger partial charge on any atom is -0.345 e. The molecule has 1 saturated heterocycles. The summed E-state index contributed by atoms with van der Waals surface area (Å²) in [6.07, 6.45) is 0. The van der Waals surface area contributed by atoms with Crippen LogP contribution in [0.25, 0.3) is 10.9 Å². The van der Waals surface area contributed by atoms with Gasteiger partial charge in [0.05, 0.1) is 11.3 Å². The van der Waals surface area contributed by atoms with Gasteiger partial charge in [0.2, 0.25) is 0 Å². The molecule has 4 heteroatoms. The second-order valence-electron chi connectivity index (χ2n) is 7.05. The molecule has 1 aliphatic heterocycles.